The Kier molecular flexibility index (Phi) is 5.42. The second-order valence-corrected chi connectivity index (χ2v) is 5.19. The summed E-state index contributed by atoms with van der Waals surface area (Å²) in [6, 6.07) is 6.04. The lowest BCUT2D eigenvalue weighted by Crippen LogP contribution is -2.16. The van der Waals surface area contributed by atoms with Crippen LogP contribution in [0.5, 0.6) is 5.75 Å². The molecule has 2 aromatic rings. The molecule has 4 nitrogen and oxygen atoms in total. The van der Waals surface area contributed by atoms with Crippen molar-refractivity contribution in [2.45, 2.75) is 19.4 Å². The highest BCUT2D eigenvalue weighted by Gasteiger charge is 2.03. The summed E-state index contributed by atoms with van der Waals surface area (Å²) >= 11 is 3.48. The zero-order chi connectivity index (χ0) is 13.5. The van der Waals surface area contributed by atoms with Gasteiger partial charge < -0.3 is 15.0 Å². The monoisotopic (exact) mass is 323 g/mol. The number of rotatable bonds is 7. The fraction of sp³-hybridized carbons (Fsp3) is 0.357. The number of aromatic amines is 1. The van der Waals surface area contributed by atoms with Gasteiger partial charge in [-0.15, -0.1) is 0 Å². The number of aromatic nitrogens is 2. The number of nitrogens with zero attached hydrogens (tertiary/aromatic N) is 1. The first-order valence-electron chi connectivity index (χ1n) is 6.31. The molecule has 0 bridgehead atoms. The molecular weight excluding hydrogens is 306 g/mol. The van der Waals surface area contributed by atoms with Crippen LogP contribution >= 0.6 is 15.9 Å². The minimum atomic E-state index is 0.806. The van der Waals surface area contributed by atoms with Crippen LogP contribution in [-0.2, 0) is 13.0 Å². The lowest BCUT2D eigenvalue weighted by atomic mass is 10.2. The van der Waals surface area contributed by atoms with E-state index >= 15 is 0 Å². The van der Waals surface area contributed by atoms with Crippen molar-refractivity contribution in [1.29, 1.82) is 0 Å². The van der Waals surface area contributed by atoms with E-state index in [1.54, 1.807) is 13.3 Å². The summed E-state index contributed by atoms with van der Waals surface area (Å²) in [5.74, 6) is 1.96. The van der Waals surface area contributed by atoms with E-state index < -0.39 is 0 Å². The van der Waals surface area contributed by atoms with Crippen LogP contribution in [0.15, 0.2) is 35.1 Å². The molecule has 0 aliphatic carbocycles. The van der Waals surface area contributed by atoms with E-state index in [-0.39, 0.29) is 0 Å². The van der Waals surface area contributed by atoms with Gasteiger partial charge in [0.05, 0.1) is 7.11 Å². The predicted molar refractivity (Wildman–Crippen MR) is 79.3 cm³/mol. The van der Waals surface area contributed by atoms with Gasteiger partial charge in [0.15, 0.2) is 0 Å². The quantitative estimate of drug-likeness (QED) is 0.770. The number of ether oxygens (including phenoxy) is 1. The predicted octanol–water partition coefficient (Wildman–Crippen LogP) is 2.90. The normalized spacial score (nSPS) is 10.6. The van der Waals surface area contributed by atoms with Crippen molar-refractivity contribution < 1.29 is 4.74 Å². The van der Waals surface area contributed by atoms with E-state index in [2.05, 4.69) is 37.3 Å². The summed E-state index contributed by atoms with van der Waals surface area (Å²) in [5.41, 5.74) is 1.16. The minimum Gasteiger partial charge on any atom is -0.496 e. The Balaban J connectivity index is 1.74. The Morgan fingerprint density at radius 1 is 1.42 bits per heavy atom. The number of imidazole rings is 1. The third-order valence-electron chi connectivity index (χ3n) is 2.88. The van der Waals surface area contributed by atoms with E-state index in [4.69, 9.17) is 4.74 Å². The fourth-order valence-corrected chi connectivity index (χ4v) is 2.33. The zero-order valence-corrected chi connectivity index (χ0v) is 12.5. The Hall–Kier alpha value is -1.33. The van der Waals surface area contributed by atoms with Crippen LogP contribution < -0.4 is 10.1 Å². The number of hydrogen-bond acceptors (Lipinski definition) is 3. The summed E-state index contributed by atoms with van der Waals surface area (Å²) < 4.78 is 6.41. The molecule has 19 heavy (non-hydrogen) atoms. The molecule has 0 aliphatic rings. The lowest BCUT2D eigenvalue weighted by Gasteiger charge is -2.10. The molecule has 1 aromatic heterocycles. The number of H-pyrrole nitrogens is 1. The standard InChI is InChI=1S/C14H18BrN3O/c1-19-13-5-4-12(15)9-11(13)10-16-6-2-3-14-17-7-8-18-14/h4-5,7-9,16H,2-3,6,10H2,1H3,(H,17,18). The van der Waals surface area contributed by atoms with Crippen molar-refractivity contribution in [2.75, 3.05) is 13.7 Å². The van der Waals surface area contributed by atoms with Crippen LogP contribution in [0.3, 0.4) is 0 Å². The van der Waals surface area contributed by atoms with E-state index in [0.717, 1.165) is 47.5 Å². The molecule has 1 aromatic carbocycles. The van der Waals surface area contributed by atoms with Gasteiger partial charge in [0.2, 0.25) is 0 Å². The number of nitrogens with one attached hydrogen (secondary N) is 2. The van der Waals surface area contributed by atoms with E-state index in [1.807, 2.05) is 18.3 Å². The Bertz CT molecular complexity index is 499. The number of methoxy groups -OCH3 is 1. The molecular formula is C14H18BrN3O. The second-order valence-electron chi connectivity index (χ2n) is 4.27. The van der Waals surface area contributed by atoms with Gasteiger partial charge in [0, 0.05) is 35.4 Å². The highest BCUT2D eigenvalue weighted by molar-refractivity contribution is 9.10. The molecule has 0 spiro atoms. The first-order valence-corrected chi connectivity index (χ1v) is 7.10. The molecule has 5 heteroatoms. The Labute approximate surface area is 121 Å². The molecule has 1 heterocycles. The van der Waals surface area contributed by atoms with Crippen LogP contribution in [-0.4, -0.2) is 23.6 Å². The summed E-state index contributed by atoms with van der Waals surface area (Å²) in [6.45, 7) is 1.76. The van der Waals surface area contributed by atoms with Crippen molar-refractivity contribution in [3.05, 3.63) is 46.5 Å². The van der Waals surface area contributed by atoms with Gasteiger partial charge in [-0.3, -0.25) is 0 Å². The van der Waals surface area contributed by atoms with E-state index in [1.165, 1.54) is 0 Å². The SMILES string of the molecule is COc1ccc(Br)cc1CNCCCc1ncc[nH]1. The maximum Gasteiger partial charge on any atom is 0.123 e. The second kappa shape index (κ2) is 7.31. The molecule has 0 aliphatic heterocycles. The summed E-state index contributed by atoms with van der Waals surface area (Å²) in [5, 5.41) is 3.42. The number of hydrogen-bond donors (Lipinski definition) is 2. The maximum atomic E-state index is 5.34. The molecule has 2 rings (SSSR count). The van der Waals surface area contributed by atoms with Gasteiger partial charge in [-0.25, -0.2) is 4.98 Å². The molecule has 2 N–H and O–H groups in total. The number of aryl methyl sites for hydroxylation is 1. The molecule has 0 atom stereocenters. The molecule has 0 unspecified atom stereocenters. The van der Waals surface area contributed by atoms with Crippen LogP contribution in [0.2, 0.25) is 0 Å². The number of halogens is 1. The van der Waals surface area contributed by atoms with Gasteiger partial charge in [-0.05, 0) is 31.2 Å². The highest BCUT2D eigenvalue weighted by atomic mass is 79.9. The lowest BCUT2D eigenvalue weighted by molar-refractivity contribution is 0.407. The molecule has 0 saturated carbocycles. The first-order chi connectivity index (χ1) is 9.29. The number of benzene rings is 1. The average molecular weight is 324 g/mol. The van der Waals surface area contributed by atoms with Crippen molar-refractivity contribution in [1.82, 2.24) is 15.3 Å². The molecule has 0 saturated heterocycles. The third-order valence-corrected chi connectivity index (χ3v) is 3.37. The van der Waals surface area contributed by atoms with Crippen LogP contribution in [0.4, 0.5) is 0 Å². The van der Waals surface area contributed by atoms with Gasteiger partial charge in [0.25, 0.3) is 0 Å². The van der Waals surface area contributed by atoms with Gasteiger partial charge in [-0.1, -0.05) is 15.9 Å². The van der Waals surface area contributed by atoms with Gasteiger partial charge >= 0.3 is 0 Å². The van der Waals surface area contributed by atoms with Gasteiger partial charge in [0.1, 0.15) is 11.6 Å². The molecule has 0 amide bonds. The average Bonchev–Trinajstić information content (AvgIpc) is 2.92. The largest absolute Gasteiger partial charge is 0.496 e. The van der Waals surface area contributed by atoms with Gasteiger partial charge in [-0.2, -0.15) is 0 Å². The molecule has 102 valence electrons. The van der Waals surface area contributed by atoms with E-state index in [0.29, 0.717) is 0 Å². The first kappa shape index (κ1) is 14.1. The highest BCUT2D eigenvalue weighted by Crippen LogP contribution is 2.22. The van der Waals surface area contributed by atoms with Crippen LogP contribution in [0, 0.1) is 0 Å². The summed E-state index contributed by atoms with van der Waals surface area (Å²) in [6.07, 6.45) is 5.67. The van der Waals surface area contributed by atoms with Crippen molar-refractivity contribution in [2.24, 2.45) is 0 Å². The van der Waals surface area contributed by atoms with Crippen molar-refractivity contribution >= 4 is 15.9 Å². The summed E-state index contributed by atoms with van der Waals surface area (Å²) in [4.78, 5) is 7.31. The fourth-order valence-electron chi connectivity index (χ4n) is 1.92. The summed E-state index contributed by atoms with van der Waals surface area (Å²) in [7, 11) is 1.70. The van der Waals surface area contributed by atoms with Crippen molar-refractivity contribution in [3.63, 3.8) is 0 Å². The molecule has 0 fully saturated rings. The third kappa shape index (κ3) is 4.36. The molecule has 0 radical (unpaired) electrons. The van der Waals surface area contributed by atoms with Crippen LogP contribution in [0.25, 0.3) is 0 Å². The van der Waals surface area contributed by atoms with E-state index in [9.17, 15) is 0 Å². The Morgan fingerprint density at radius 2 is 2.32 bits per heavy atom. The van der Waals surface area contributed by atoms with Crippen LogP contribution in [0.1, 0.15) is 17.8 Å². The minimum absolute atomic E-state index is 0.806. The maximum absolute atomic E-state index is 5.34. The topological polar surface area (TPSA) is 49.9 Å². The smallest absolute Gasteiger partial charge is 0.123 e. The Morgan fingerprint density at radius 3 is 3.05 bits per heavy atom. The zero-order valence-electron chi connectivity index (χ0n) is 10.9. The van der Waals surface area contributed by atoms with Crippen molar-refractivity contribution in [3.8, 4) is 5.75 Å².